The molecular weight excluding hydrogens is 602 g/mol. The number of fused-ring (bicyclic) bond motifs is 1. The summed E-state index contributed by atoms with van der Waals surface area (Å²) >= 11 is 1.20. The molecule has 0 saturated carbocycles. The predicted molar refractivity (Wildman–Crippen MR) is 165 cm³/mol. The van der Waals surface area contributed by atoms with Crippen molar-refractivity contribution < 1.29 is 43.7 Å². The zero-order chi connectivity index (χ0) is 32.6. The first kappa shape index (κ1) is 33.8. The minimum atomic E-state index is -1.43. The van der Waals surface area contributed by atoms with Crippen LogP contribution in [0, 0.1) is 11.3 Å². The van der Waals surface area contributed by atoms with Crippen LogP contribution >= 0.6 is 11.8 Å². The Morgan fingerprint density at radius 1 is 1.04 bits per heavy atom. The molecule has 4 atom stereocenters. The van der Waals surface area contributed by atoms with E-state index in [0.29, 0.717) is 0 Å². The van der Waals surface area contributed by atoms with E-state index in [1.54, 1.807) is 0 Å². The normalized spacial score (nSPS) is 21.4. The number of carboxylic acid groups (broad SMARTS) is 1. The van der Waals surface area contributed by atoms with Gasteiger partial charge in [0.05, 0.1) is 13.2 Å². The van der Waals surface area contributed by atoms with Gasteiger partial charge < -0.3 is 35.2 Å². The first-order chi connectivity index (χ1) is 21.5. The summed E-state index contributed by atoms with van der Waals surface area (Å²) in [7, 11) is 0. The maximum Gasteiger partial charge on any atom is 0.407 e. The van der Waals surface area contributed by atoms with Gasteiger partial charge in [-0.05, 0) is 29.9 Å². The van der Waals surface area contributed by atoms with Gasteiger partial charge in [0.25, 0.3) is 0 Å². The van der Waals surface area contributed by atoms with E-state index in [1.165, 1.54) is 16.7 Å². The molecule has 13 heteroatoms. The highest BCUT2D eigenvalue weighted by Gasteiger charge is 2.57. The average Bonchev–Trinajstić information content (AvgIpc) is 3.04. The second-order valence-corrected chi connectivity index (χ2v) is 12.8. The lowest BCUT2D eigenvalue weighted by Crippen LogP contribution is -2.74. The van der Waals surface area contributed by atoms with Crippen LogP contribution in [0.25, 0.3) is 0 Å². The molecule has 3 amide bonds. The maximum absolute atomic E-state index is 13.5. The van der Waals surface area contributed by atoms with Crippen LogP contribution in [-0.2, 0) is 28.7 Å². The fourth-order valence-electron chi connectivity index (χ4n) is 5.09. The Morgan fingerprint density at radius 2 is 1.67 bits per heavy atom. The maximum atomic E-state index is 13.5. The van der Waals surface area contributed by atoms with Crippen LogP contribution in [-0.4, -0.2) is 87.9 Å². The lowest BCUT2D eigenvalue weighted by Gasteiger charge is -2.53. The molecule has 0 aliphatic carbocycles. The second-order valence-electron chi connectivity index (χ2n) is 11.7. The molecule has 2 heterocycles. The van der Waals surface area contributed by atoms with E-state index >= 15 is 0 Å². The number of carbonyl (C=O) groups is 5. The molecule has 0 bridgehead atoms. The number of aliphatic carboxylic acids is 1. The SMILES string of the molecule is CC(C)COC(=O)NC(CCCC(=O)NC1C(=O)N2CC(CO)(C(=O)O)CS[C@H]12)C(=O)OC(c1ccccc1)c1ccccc1. The largest absolute Gasteiger partial charge is 0.481 e. The second kappa shape index (κ2) is 15.3. The quantitative estimate of drug-likeness (QED) is 0.178. The van der Waals surface area contributed by atoms with E-state index < -0.39 is 65.4 Å². The third kappa shape index (κ3) is 8.34. The van der Waals surface area contributed by atoms with Crippen molar-refractivity contribution >= 4 is 41.6 Å². The highest BCUT2D eigenvalue weighted by molar-refractivity contribution is 8.00. The van der Waals surface area contributed by atoms with Crippen molar-refractivity contribution in [3.05, 3.63) is 71.8 Å². The Bertz CT molecular complexity index is 1320. The van der Waals surface area contributed by atoms with Crippen molar-refractivity contribution in [3.8, 4) is 0 Å². The number of benzene rings is 2. The van der Waals surface area contributed by atoms with Gasteiger partial charge in [-0.1, -0.05) is 74.5 Å². The van der Waals surface area contributed by atoms with Gasteiger partial charge in [-0.15, -0.1) is 11.8 Å². The number of rotatable bonds is 14. The Labute approximate surface area is 265 Å². The lowest BCUT2D eigenvalue weighted by molar-refractivity contribution is -0.161. The Hall–Kier alpha value is -4.10. The zero-order valence-corrected chi connectivity index (χ0v) is 26.0. The number of nitrogens with one attached hydrogen (secondary N) is 2. The number of alkyl carbamates (subject to hydrolysis) is 1. The van der Waals surface area contributed by atoms with Crippen LogP contribution in [0.5, 0.6) is 0 Å². The summed E-state index contributed by atoms with van der Waals surface area (Å²) in [6, 6.07) is 16.5. The van der Waals surface area contributed by atoms with Crippen molar-refractivity contribution in [2.24, 2.45) is 11.3 Å². The third-order valence-corrected chi connectivity index (χ3v) is 9.26. The van der Waals surface area contributed by atoms with E-state index in [2.05, 4.69) is 10.6 Å². The lowest BCUT2D eigenvalue weighted by atomic mass is 9.88. The van der Waals surface area contributed by atoms with Crippen molar-refractivity contribution in [2.75, 3.05) is 25.5 Å². The van der Waals surface area contributed by atoms with Gasteiger partial charge in [0, 0.05) is 18.7 Å². The number of hydrogen-bond acceptors (Lipinski definition) is 9. The fourth-order valence-corrected chi connectivity index (χ4v) is 6.62. The molecular formula is C32H39N3O9S. The number of aliphatic hydroxyl groups excluding tert-OH is 1. The summed E-state index contributed by atoms with van der Waals surface area (Å²) in [4.78, 5) is 64.6. The molecule has 45 heavy (non-hydrogen) atoms. The number of carboxylic acids is 1. The molecule has 2 saturated heterocycles. The first-order valence-electron chi connectivity index (χ1n) is 14.8. The highest BCUT2D eigenvalue weighted by atomic mass is 32.2. The van der Waals surface area contributed by atoms with Crippen molar-refractivity contribution in [1.82, 2.24) is 15.5 Å². The summed E-state index contributed by atoms with van der Waals surface area (Å²) in [5, 5.41) is 24.0. The smallest absolute Gasteiger partial charge is 0.407 e. The molecule has 4 N–H and O–H groups in total. The van der Waals surface area contributed by atoms with Crippen LogP contribution < -0.4 is 10.6 Å². The predicted octanol–water partition coefficient (Wildman–Crippen LogP) is 2.70. The number of amides is 3. The number of aliphatic hydroxyl groups is 1. The van der Waals surface area contributed by atoms with Gasteiger partial charge in [-0.3, -0.25) is 14.4 Å². The highest BCUT2D eigenvalue weighted by Crippen LogP contribution is 2.42. The van der Waals surface area contributed by atoms with Crippen molar-refractivity contribution in [3.63, 3.8) is 0 Å². The third-order valence-electron chi connectivity index (χ3n) is 7.68. The van der Waals surface area contributed by atoms with E-state index in [-0.39, 0.29) is 44.1 Å². The number of β-lactam (4-membered cyclic amide) rings is 1. The number of carbonyl (C=O) groups excluding carboxylic acids is 4. The van der Waals surface area contributed by atoms with Gasteiger partial charge in [0.15, 0.2) is 6.10 Å². The molecule has 0 spiro atoms. The van der Waals surface area contributed by atoms with Crippen LogP contribution in [0.1, 0.15) is 50.3 Å². The Kier molecular flexibility index (Phi) is 11.5. The molecule has 3 unspecified atom stereocenters. The summed E-state index contributed by atoms with van der Waals surface area (Å²) in [5.74, 6) is -2.51. The van der Waals surface area contributed by atoms with E-state index in [9.17, 15) is 34.2 Å². The van der Waals surface area contributed by atoms with Gasteiger partial charge in [0.2, 0.25) is 11.8 Å². The fraction of sp³-hybridized carbons (Fsp3) is 0.469. The number of esters is 1. The number of ether oxygens (including phenoxy) is 2. The molecule has 2 aliphatic rings. The van der Waals surface area contributed by atoms with Crippen molar-refractivity contribution in [1.29, 1.82) is 0 Å². The molecule has 0 radical (unpaired) electrons. The summed E-state index contributed by atoms with van der Waals surface area (Å²) in [6.45, 7) is 3.20. The molecule has 242 valence electrons. The number of nitrogens with zero attached hydrogens (tertiary/aromatic N) is 1. The molecule has 4 rings (SSSR count). The minimum absolute atomic E-state index is 0.0375. The molecule has 0 aromatic heterocycles. The van der Waals surface area contributed by atoms with Gasteiger partial charge in [0.1, 0.15) is 22.9 Å². The van der Waals surface area contributed by atoms with Crippen LogP contribution in [0.4, 0.5) is 4.79 Å². The van der Waals surface area contributed by atoms with E-state index in [0.717, 1.165) is 11.1 Å². The molecule has 2 aromatic rings. The van der Waals surface area contributed by atoms with Crippen LogP contribution in [0.3, 0.4) is 0 Å². The molecule has 2 aliphatic heterocycles. The van der Waals surface area contributed by atoms with Crippen molar-refractivity contribution in [2.45, 2.75) is 56.7 Å². The first-order valence-corrected chi connectivity index (χ1v) is 15.9. The molecule has 2 aromatic carbocycles. The topological polar surface area (TPSA) is 172 Å². The Morgan fingerprint density at radius 3 is 2.22 bits per heavy atom. The minimum Gasteiger partial charge on any atom is -0.481 e. The van der Waals surface area contributed by atoms with Gasteiger partial charge in [-0.2, -0.15) is 0 Å². The van der Waals surface area contributed by atoms with Gasteiger partial charge in [-0.25, -0.2) is 9.59 Å². The van der Waals surface area contributed by atoms with Gasteiger partial charge >= 0.3 is 18.0 Å². The Balaban J connectivity index is 1.37. The molecule has 2 fully saturated rings. The summed E-state index contributed by atoms with van der Waals surface area (Å²) in [5.41, 5.74) is 0.0626. The summed E-state index contributed by atoms with van der Waals surface area (Å²) < 4.78 is 11.2. The van der Waals surface area contributed by atoms with E-state index in [1.807, 2.05) is 74.5 Å². The zero-order valence-electron chi connectivity index (χ0n) is 25.2. The molecule has 12 nitrogen and oxygen atoms in total. The monoisotopic (exact) mass is 641 g/mol. The summed E-state index contributed by atoms with van der Waals surface area (Å²) in [6.07, 6.45) is -1.29. The van der Waals surface area contributed by atoms with Crippen LogP contribution in [0.2, 0.25) is 0 Å². The number of thioether (sulfide) groups is 1. The van der Waals surface area contributed by atoms with Crippen LogP contribution in [0.15, 0.2) is 60.7 Å². The average molecular weight is 642 g/mol. The number of hydrogen-bond donors (Lipinski definition) is 4. The van der Waals surface area contributed by atoms with E-state index in [4.69, 9.17) is 9.47 Å². The standard InChI is InChI=1S/C32H39N3O9S/c1-20(2)16-43-31(42)33-23(29(39)44-26(21-10-5-3-6-11-21)22-12-7-4-8-13-22)14-9-15-24(37)34-25-27(38)35-17-32(18-36,30(40)41)19-45-28(25)35/h3-8,10-13,20,23,25-26,28,36H,9,14-19H2,1-2H3,(H,33,42)(H,34,37)(H,40,41)/t23?,25?,28-,32?/m1/s1.